The van der Waals surface area contributed by atoms with Crippen LogP contribution in [0.2, 0.25) is 0 Å². The highest BCUT2D eigenvalue weighted by atomic mass is 16.5. The van der Waals surface area contributed by atoms with Crippen LogP contribution in [-0.2, 0) is 9.59 Å². The van der Waals surface area contributed by atoms with Crippen LogP contribution in [0.4, 0.5) is 0 Å². The molecular formula is C20H21NO4. The molecule has 0 saturated carbocycles. The van der Waals surface area contributed by atoms with E-state index in [-0.39, 0.29) is 25.0 Å². The highest BCUT2D eigenvalue weighted by Crippen LogP contribution is 2.33. The third-order valence-electron chi connectivity index (χ3n) is 4.57. The quantitative estimate of drug-likeness (QED) is 0.909. The number of carbonyl (C=O) groups is 2. The topological polar surface area (TPSA) is 66.8 Å². The number of hydrogen-bond donors (Lipinski definition) is 1. The Kier molecular flexibility index (Phi) is 5.03. The van der Waals surface area contributed by atoms with Gasteiger partial charge in [0.2, 0.25) is 0 Å². The van der Waals surface area contributed by atoms with E-state index in [0.717, 1.165) is 11.1 Å². The van der Waals surface area contributed by atoms with E-state index >= 15 is 0 Å². The molecular weight excluding hydrogens is 318 g/mol. The van der Waals surface area contributed by atoms with E-state index in [9.17, 15) is 14.7 Å². The molecule has 1 saturated heterocycles. The molecule has 5 nitrogen and oxygen atoms in total. The first kappa shape index (κ1) is 17.0. The zero-order valence-electron chi connectivity index (χ0n) is 14.1. The maximum absolute atomic E-state index is 12.5. The Hall–Kier alpha value is -2.82. The van der Waals surface area contributed by atoms with E-state index in [1.165, 1.54) is 0 Å². The molecule has 1 aliphatic heterocycles. The lowest BCUT2D eigenvalue weighted by Gasteiger charge is -2.17. The molecule has 0 spiro atoms. The maximum Gasteiger partial charge on any atom is 0.308 e. The van der Waals surface area contributed by atoms with Gasteiger partial charge < -0.3 is 14.7 Å². The van der Waals surface area contributed by atoms with E-state index in [0.29, 0.717) is 12.3 Å². The van der Waals surface area contributed by atoms with Crippen molar-refractivity contribution in [1.82, 2.24) is 4.90 Å². The van der Waals surface area contributed by atoms with E-state index in [1.807, 2.05) is 55.5 Å². The van der Waals surface area contributed by atoms with Gasteiger partial charge in [-0.1, -0.05) is 42.5 Å². The Bertz CT molecular complexity index is 759. The van der Waals surface area contributed by atoms with Gasteiger partial charge in [-0.05, 0) is 30.2 Å². The Balaban J connectivity index is 1.66. The summed E-state index contributed by atoms with van der Waals surface area (Å²) in [7, 11) is 0. The number of benzene rings is 2. The van der Waals surface area contributed by atoms with Crippen LogP contribution in [0.5, 0.6) is 5.75 Å². The summed E-state index contributed by atoms with van der Waals surface area (Å²) in [6, 6.07) is 17.0. The van der Waals surface area contributed by atoms with Gasteiger partial charge in [0.25, 0.3) is 5.91 Å². The summed E-state index contributed by atoms with van der Waals surface area (Å²) >= 11 is 0. The molecule has 3 rings (SSSR count). The van der Waals surface area contributed by atoms with Gasteiger partial charge in [-0.25, -0.2) is 0 Å². The Morgan fingerprint density at radius 2 is 1.88 bits per heavy atom. The van der Waals surface area contributed by atoms with Crippen molar-refractivity contribution >= 4 is 11.9 Å². The number of ether oxygens (including phenoxy) is 1. The summed E-state index contributed by atoms with van der Waals surface area (Å²) in [4.78, 5) is 25.6. The van der Waals surface area contributed by atoms with Crippen LogP contribution in [-0.4, -0.2) is 41.6 Å². The van der Waals surface area contributed by atoms with Gasteiger partial charge in [0, 0.05) is 19.0 Å². The zero-order chi connectivity index (χ0) is 17.8. The first-order chi connectivity index (χ1) is 12.0. The molecule has 1 heterocycles. The number of hydrogen-bond acceptors (Lipinski definition) is 3. The zero-order valence-corrected chi connectivity index (χ0v) is 14.1. The molecule has 0 radical (unpaired) electrons. The van der Waals surface area contributed by atoms with Crippen molar-refractivity contribution < 1.29 is 19.4 Å². The van der Waals surface area contributed by atoms with Crippen LogP contribution in [0.3, 0.4) is 0 Å². The molecule has 0 aliphatic carbocycles. The van der Waals surface area contributed by atoms with Crippen LogP contribution >= 0.6 is 0 Å². The van der Waals surface area contributed by atoms with Crippen molar-refractivity contribution in [2.24, 2.45) is 5.92 Å². The maximum atomic E-state index is 12.5. The van der Waals surface area contributed by atoms with Gasteiger partial charge in [-0.15, -0.1) is 0 Å². The van der Waals surface area contributed by atoms with Crippen LogP contribution in [0.15, 0.2) is 54.6 Å². The minimum atomic E-state index is -0.872. The molecule has 2 unspecified atom stereocenters. The summed E-state index contributed by atoms with van der Waals surface area (Å²) < 4.78 is 5.56. The molecule has 5 heteroatoms. The molecule has 0 bridgehead atoms. The fourth-order valence-electron chi connectivity index (χ4n) is 3.24. The molecule has 1 amide bonds. The number of carboxylic acids is 1. The second-order valence-corrected chi connectivity index (χ2v) is 6.37. The minimum Gasteiger partial charge on any atom is -0.484 e. The first-order valence-corrected chi connectivity index (χ1v) is 8.29. The monoisotopic (exact) mass is 339 g/mol. The Labute approximate surface area is 146 Å². The van der Waals surface area contributed by atoms with Crippen molar-refractivity contribution in [3.05, 3.63) is 65.7 Å². The second-order valence-electron chi connectivity index (χ2n) is 6.37. The lowest BCUT2D eigenvalue weighted by molar-refractivity contribution is -0.142. The number of carboxylic acid groups (broad SMARTS) is 1. The van der Waals surface area contributed by atoms with Crippen LogP contribution in [0.1, 0.15) is 17.0 Å². The SMILES string of the molecule is Cc1cccc(OCC(=O)N2CC(C(=O)O)C(c3ccccc3)C2)c1. The van der Waals surface area contributed by atoms with E-state index in [2.05, 4.69) is 0 Å². The molecule has 1 fully saturated rings. The predicted octanol–water partition coefficient (Wildman–Crippen LogP) is 2.70. The first-order valence-electron chi connectivity index (χ1n) is 8.29. The van der Waals surface area contributed by atoms with Crippen molar-refractivity contribution in [3.63, 3.8) is 0 Å². The van der Waals surface area contributed by atoms with Gasteiger partial charge in [0.05, 0.1) is 5.92 Å². The van der Waals surface area contributed by atoms with Crippen molar-refractivity contribution in [2.45, 2.75) is 12.8 Å². The van der Waals surface area contributed by atoms with Crippen molar-refractivity contribution in [1.29, 1.82) is 0 Å². The van der Waals surface area contributed by atoms with Crippen molar-refractivity contribution in [2.75, 3.05) is 19.7 Å². The van der Waals surface area contributed by atoms with Crippen molar-refractivity contribution in [3.8, 4) is 5.75 Å². The predicted molar refractivity (Wildman–Crippen MR) is 93.6 cm³/mol. The molecule has 0 aromatic heterocycles. The van der Waals surface area contributed by atoms with Gasteiger partial charge in [0.1, 0.15) is 5.75 Å². The van der Waals surface area contributed by atoms with Gasteiger partial charge in [-0.3, -0.25) is 9.59 Å². The standard InChI is InChI=1S/C20H21NO4/c1-14-6-5-9-16(10-14)25-13-19(22)21-11-17(18(12-21)20(23)24)15-7-3-2-4-8-15/h2-10,17-18H,11-13H2,1H3,(H,23,24). The van der Waals surface area contributed by atoms with E-state index in [1.54, 1.807) is 11.0 Å². The minimum absolute atomic E-state index is 0.0860. The highest BCUT2D eigenvalue weighted by molar-refractivity contribution is 5.80. The molecule has 130 valence electrons. The van der Waals surface area contributed by atoms with Crippen LogP contribution in [0, 0.1) is 12.8 Å². The fraction of sp³-hybridized carbons (Fsp3) is 0.300. The molecule has 2 aromatic carbocycles. The lowest BCUT2D eigenvalue weighted by atomic mass is 9.89. The average Bonchev–Trinajstić information content (AvgIpc) is 3.06. The molecule has 2 aromatic rings. The average molecular weight is 339 g/mol. The number of amides is 1. The molecule has 25 heavy (non-hydrogen) atoms. The lowest BCUT2D eigenvalue weighted by Crippen LogP contribution is -2.33. The Morgan fingerprint density at radius 1 is 1.12 bits per heavy atom. The summed E-state index contributed by atoms with van der Waals surface area (Å²) in [5.41, 5.74) is 2.01. The van der Waals surface area contributed by atoms with E-state index in [4.69, 9.17) is 4.74 Å². The molecule has 1 N–H and O–H groups in total. The number of nitrogens with zero attached hydrogens (tertiary/aromatic N) is 1. The summed E-state index contributed by atoms with van der Waals surface area (Å²) in [5.74, 6) is -1.20. The smallest absolute Gasteiger partial charge is 0.308 e. The van der Waals surface area contributed by atoms with Crippen LogP contribution in [0.25, 0.3) is 0 Å². The Morgan fingerprint density at radius 3 is 2.56 bits per heavy atom. The highest BCUT2D eigenvalue weighted by Gasteiger charge is 2.40. The van der Waals surface area contributed by atoms with Crippen LogP contribution < -0.4 is 4.74 Å². The number of rotatable bonds is 5. The third kappa shape index (κ3) is 3.99. The number of aryl methyl sites for hydroxylation is 1. The second kappa shape index (κ2) is 7.38. The third-order valence-corrected chi connectivity index (χ3v) is 4.57. The number of carbonyl (C=O) groups excluding carboxylic acids is 1. The number of aliphatic carboxylic acids is 1. The normalized spacial score (nSPS) is 19.6. The van der Waals surface area contributed by atoms with Gasteiger partial charge in [0.15, 0.2) is 6.61 Å². The summed E-state index contributed by atoms with van der Waals surface area (Å²) in [5, 5.41) is 9.51. The number of likely N-dealkylation sites (tertiary alicyclic amines) is 1. The summed E-state index contributed by atoms with van der Waals surface area (Å²) in [6.07, 6.45) is 0. The summed E-state index contributed by atoms with van der Waals surface area (Å²) in [6.45, 7) is 2.48. The van der Waals surface area contributed by atoms with Gasteiger partial charge in [-0.2, -0.15) is 0 Å². The van der Waals surface area contributed by atoms with E-state index < -0.39 is 11.9 Å². The largest absolute Gasteiger partial charge is 0.484 e. The molecule has 1 aliphatic rings. The molecule has 2 atom stereocenters. The van der Waals surface area contributed by atoms with Gasteiger partial charge >= 0.3 is 5.97 Å². The fourth-order valence-corrected chi connectivity index (χ4v) is 3.24.